The molecule has 1 aromatic rings. The van der Waals surface area contributed by atoms with E-state index in [1.54, 1.807) is 0 Å². The number of halogens is 4. The van der Waals surface area contributed by atoms with Crippen LogP contribution in [0.1, 0.15) is 11.1 Å². The summed E-state index contributed by atoms with van der Waals surface area (Å²) in [5.74, 6) is -1.29. The highest BCUT2D eigenvalue weighted by Gasteiger charge is 2.33. The van der Waals surface area contributed by atoms with Gasteiger partial charge in [-0.3, -0.25) is 0 Å². The second-order valence-corrected chi connectivity index (χ2v) is 2.72. The molecule has 0 aliphatic rings. The lowest BCUT2D eigenvalue weighted by Gasteiger charge is -2.08. The molecule has 0 unspecified atom stereocenters. The highest BCUT2D eigenvalue weighted by molar-refractivity contribution is 5.58. The number of hydrogen-bond acceptors (Lipinski definition) is 1. The summed E-state index contributed by atoms with van der Waals surface area (Å²) >= 11 is 0. The first-order valence-electron chi connectivity index (χ1n) is 3.79. The van der Waals surface area contributed by atoms with Gasteiger partial charge in [0.15, 0.2) is 0 Å². The Balaban J connectivity index is 3.15. The van der Waals surface area contributed by atoms with Gasteiger partial charge in [0.1, 0.15) is 5.82 Å². The van der Waals surface area contributed by atoms with Crippen molar-refractivity contribution in [1.82, 2.24) is 0 Å². The number of alkyl halides is 3. The summed E-state index contributed by atoms with van der Waals surface area (Å²) < 4.78 is 49.2. The molecular formula is C9H7F4N. The van der Waals surface area contributed by atoms with Crippen LogP contribution < -0.4 is 0 Å². The molecule has 1 nitrogen and oxygen atoms in total. The Labute approximate surface area is 77.9 Å². The van der Waals surface area contributed by atoms with Crippen LogP contribution in [0.25, 0.3) is 0 Å². The van der Waals surface area contributed by atoms with Gasteiger partial charge >= 0.3 is 6.18 Å². The van der Waals surface area contributed by atoms with E-state index in [0.29, 0.717) is 0 Å². The van der Waals surface area contributed by atoms with Crippen LogP contribution in [0.15, 0.2) is 18.2 Å². The van der Waals surface area contributed by atoms with Gasteiger partial charge in [-0.25, -0.2) is 4.39 Å². The van der Waals surface area contributed by atoms with Gasteiger partial charge in [-0.2, -0.15) is 13.2 Å². The second kappa shape index (κ2) is 3.77. The molecule has 1 rings (SSSR count). The van der Waals surface area contributed by atoms with Crippen LogP contribution in [0.5, 0.6) is 0 Å². The van der Waals surface area contributed by atoms with E-state index < -0.39 is 17.6 Å². The molecule has 0 bridgehead atoms. The Hall–Kier alpha value is -1.39. The molecular weight excluding hydrogens is 198 g/mol. The summed E-state index contributed by atoms with van der Waals surface area (Å²) in [4.78, 5) is 0. The largest absolute Gasteiger partial charge is 0.419 e. The SMILES string of the molecule is N=CCc1ccc(F)c(C(F)(F)F)c1. The molecule has 0 spiro atoms. The summed E-state index contributed by atoms with van der Waals surface area (Å²) in [6, 6.07) is 2.72. The molecule has 0 aromatic heterocycles. The van der Waals surface area contributed by atoms with E-state index in [-0.39, 0.29) is 12.0 Å². The highest BCUT2D eigenvalue weighted by atomic mass is 19.4. The molecule has 0 saturated carbocycles. The molecule has 0 saturated heterocycles. The van der Waals surface area contributed by atoms with Crippen molar-refractivity contribution in [3.63, 3.8) is 0 Å². The normalized spacial score (nSPS) is 11.4. The topological polar surface area (TPSA) is 23.9 Å². The van der Waals surface area contributed by atoms with Crippen LogP contribution in [-0.2, 0) is 12.6 Å². The maximum atomic E-state index is 12.7. The van der Waals surface area contributed by atoms with E-state index >= 15 is 0 Å². The predicted octanol–water partition coefficient (Wildman–Crippen LogP) is 3.04. The van der Waals surface area contributed by atoms with Crippen LogP contribution in [0.2, 0.25) is 0 Å². The molecule has 0 aliphatic heterocycles. The standard InChI is InChI=1S/C9H7F4N/c10-8-2-1-6(3-4-14)5-7(8)9(11,12)13/h1-2,4-5,14H,3H2. The van der Waals surface area contributed by atoms with Gasteiger partial charge in [0, 0.05) is 6.42 Å². The van der Waals surface area contributed by atoms with Crippen molar-refractivity contribution < 1.29 is 17.6 Å². The van der Waals surface area contributed by atoms with Crippen molar-refractivity contribution in [1.29, 1.82) is 5.41 Å². The monoisotopic (exact) mass is 205 g/mol. The third kappa shape index (κ3) is 2.31. The quantitative estimate of drug-likeness (QED) is 0.566. The van der Waals surface area contributed by atoms with Crippen molar-refractivity contribution in [3.05, 3.63) is 35.1 Å². The van der Waals surface area contributed by atoms with E-state index in [0.717, 1.165) is 18.3 Å². The Bertz CT molecular complexity index is 343. The summed E-state index contributed by atoms with van der Waals surface area (Å²) in [6.45, 7) is 0. The minimum atomic E-state index is -4.68. The third-order valence-corrected chi connectivity index (χ3v) is 1.67. The molecule has 0 fully saturated rings. The molecule has 0 aliphatic carbocycles. The molecule has 14 heavy (non-hydrogen) atoms. The molecule has 0 atom stereocenters. The third-order valence-electron chi connectivity index (χ3n) is 1.67. The van der Waals surface area contributed by atoms with Gasteiger partial charge in [-0.05, 0) is 23.9 Å². The van der Waals surface area contributed by atoms with Crippen molar-refractivity contribution >= 4 is 6.21 Å². The summed E-state index contributed by atoms with van der Waals surface area (Å²) in [7, 11) is 0. The van der Waals surface area contributed by atoms with E-state index in [9.17, 15) is 17.6 Å². The molecule has 0 radical (unpaired) electrons. The average molecular weight is 205 g/mol. The molecule has 5 heteroatoms. The fraction of sp³-hybridized carbons (Fsp3) is 0.222. The Morgan fingerprint density at radius 2 is 1.93 bits per heavy atom. The predicted molar refractivity (Wildman–Crippen MR) is 43.9 cm³/mol. The van der Waals surface area contributed by atoms with Gasteiger partial charge in [-0.1, -0.05) is 6.07 Å². The summed E-state index contributed by atoms with van der Waals surface area (Å²) in [5.41, 5.74) is -1.01. The smallest absolute Gasteiger partial charge is 0.313 e. The Morgan fingerprint density at radius 1 is 1.29 bits per heavy atom. The number of benzene rings is 1. The van der Waals surface area contributed by atoms with E-state index in [1.807, 2.05) is 0 Å². The van der Waals surface area contributed by atoms with Crippen LogP contribution in [0.4, 0.5) is 17.6 Å². The minimum absolute atomic E-state index is 0.0728. The molecule has 0 heterocycles. The van der Waals surface area contributed by atoms with E-state index in [4.69, 9.17) is 5.41 Å². The van der Waals surface area contributed by atoms with E-state index in [1.165, 1.54) is 6.07 Å². The first-order valence-corrected chi connectivity index (χ1v) is 3.79. The van der Waals surface area contributed by atoms with Gasteiger partial charge < -0.3 is 5.41 Å². The van der Waals surface area contributed by atoms with Crippen molar-refractivity contribution in [3.8, 4) is 0 Å². The van der Waals surface area contributed by atoms with Crippen molar-refractivity contribution in [2.45, 2.75) is 12.6 Å². The summed E-state index contributed by atoms with van der Waals surface area (Å²) in [5, 5.41) is 6.72. The Kier molecular flexibility index (Phi) is 2.88. The number of hydrogen-bond donors (Lipinski definition) is 1. The van der Waals surface area contributed by atoms with Gasteiger partial charge in [0.05, 0.1) is 5.56 Å². The zero-order valence-electron chi connectivity index (χ0n) is 7.03. The lowest BCUT2D eigenvalue weighted by Crippen LogP contribution is -2.08. The Morgan fingerprint density at radius 3 is 2.43 bits per heavy atom. The summed E-state index contributed by atoms with van der Waals surface area (Å²) in [6.07, 6.45) is -3.64. The first kappa shape index (κ1) is 10.7. The highest BCUT2D eigenvalue weighted by Crippen LogP contribution is 2.31. The number of nitrogens with one attached hydrogen (secondary N) is 1. The van der Waals surface area contributed by atoms with Crippen molar-refractivity contribution in [2.75, 3.05) is 0 Å². The zero-order chi connectivity index (χ0) is 10.8. The molecule has 1 N–H and O–H groups in total. The van der Waals surface area contributed by atoms with E-state index in [2.05, 4.69) is 0 Å². The minimum Gasteiger partial charge on any atom is -0.313 e. The van der Waals surface area contributed by atoms with Gasteiger partial charge in [0.2, 0.25) is 0 Å². The van der Waals surface area contributed by atoms with Crippen molar-refractivity contribution in [2.24, 2.45) is 0 Å². The second-order valence-electron chi connectivity index (χ2n) is 2.72. The number of rotatable bonds is 2. The fourth-order valence-corrected chi connectivity index (χ4v) is 1.03. The lowest BCUT2D eigenvalue weighted by atomic mass is 10.1. The first-order chi connectivity index (χ1) is 6.45. The fourth-order valence-electron chi connectivity index (χ4n) is 1.03. The van der Waals surface area contributed by atoms with Gasteiger partial charge in [0.25, 0.3) is 0 Å². The maximum Gasteiger partial charge on any atom is 0.419 e. The molecule has 76 valence electrons. The van der Waals surface area contributed by atoms with Crippen LogP contribution in [0.3, 0.4) is 0 Å². The average Bonchev–Trinajstić information content (AvgIpc) is 2.07. The molecule has 1 aromatic carbocycles. The molecule has 0 amide bonds. The zero-order valence-corrected chi connectivity index (χ0v) is 7.03. The van der Waals surface area contributed by atoms with Crippen LogP contribution >= 0.6 is 0 Å². The van der Waals surface area contributed by atoms with Crippen LogP contribution in [0, 0.1) is 11.2 Å². The van der Waals surface area contributed by atoms with Crippen LogP contribution in [-0.4, -0.2) is 6.21 Å². The van der Waals surface area contributed by atoms with Gasteiger partial charge in [-0.15, -0.1) is 0 Å². The lowest BCUT2D eigenvalue weighted by molar-refractivity contribution is -0.140. The maximum absolute atomic E-state index is 12.7.